The average molecular weight is 307 g/mol. The molecule has 20 heavy (non-hydrogen) atoms. The number of aromatic nitrogens is 2. The molecule has 0 atom stereocenters. The fourth-order valence-corrected chi connectivity index (χ4v) is 2.33. The first kappa shape index (κ1) is 15.0. The molecular weight excluding hydrogens is 293 g/mol. The first-order valence-electron chi connectivity index (χ1n) is 6.11. The number of fused-ring (bicyclic) bond motifs is 1. The fourth-order valence-electron chi connectivity index (χ4n) is 2.12. The maximum atomic E-state index is 12.2. The summed E-state index contributed by atoms with van der Waals surface area (Å²) in [6.07, 6.45) is -4.97. The van der Waals surface area contributed by atoms with Crippen molar-refractivity contribution in [1.82, 2.24) is 9.55 Å². The topological polar surface area (TPSA) is 27.1 Å². The molecule has 0 bridgehead atoms. The molecule has 1 heterocycles. The lowest BCUT2D eigenvalue weighted by molar-refractivity contribution is -0.135. The first-order valence-corrected chi connectivity index (χ1v) is 6.64. The number of methoxy groups -OCH3 is 1. The minimum absolute atomic E-state index is 0.00391. The molecule has 0 N–H and O–H groups in total. The average Bonchev–Trinajstić information content (AvgIpc) is 2.75. The van der Waals surface area contributed by atoms with Crippen molar-refractivity contribution >= 4 is 22.6 Å². The Hall–Kier alpha value is -1.43. The molecule has 0 amide bonds. The van der Waals surface area contributed by atoms with Gasteiger partial charge in [-0.3, -0.25) is 0 Å². The van der Waals surface area contributed by atoms with E-state index in [0.717, 1.165) is 5.52 Å². The van der Waals surface area contributed by atoms with Gasteiger partial charge in [-0.1, -0.05) is 6.07 Å². The van der Waals surface area contributed by atoms with E-state index in [-0.39, 0.29) is 18.8 Å². The summed E-state index contributed by atoms with van der Waals surface area (Å²) in [6, 6.07) is 5.34. The minimum atomic E-state index is -4.14. The molecule has 0 unspecified atom stereocenters. The lowest BCUT2D eigenvalue weighted by Gasteiger charge is -2.09. The fraction of sp³-hybridized carbons (Fsp3) is 0.462. The predicted octanol–water partition coefficient (Wildman–Crippen LogP) is 4.13. The van der Waals surface area contributed by atoms with Crippen LogP contribution in [0.25, 0.3) is 11.0 Å². The Kier molecular flexibility index (Phi) is 4.42. The number of alkyl halides is 4. The van der Waals surface area contributed by atoms with Gasteiger partial charge in [0, 0.05) is 13.0 Å². The van der Waals surface area contributed by atoms with Crippen LogP contribution in [0.15, 0.2) is 18.2 Å². The van der Waals surface area contributed by atoms with Gasteiger partial charge in [0.2, 0.25) is 0 Å². The molecule has 0 aliphatic carbocycles. The van der Waals surface area contributed by atoms with Gasteiger partial charge in [-0.25, -0.2) is 4.98 Å². The Morgan fingerprint density at radius 1 is 1.35 bits per heavy atom. The van der Waals surface area contributed by atoms with Crippen molar-refractivity contribution in [2.45, 2.75) is 31.4 Å². The van der Waals surface area contributed by atoms with Gasteiger partial charge in [-0.2, -0.15) is 13.2 Å². The van der Waals surface area contributed by atoms with Crippen molar-refractivity contribution in [2.24, 2.45) is 0 Å². The number of benzene rings is 1. The number of imidazole rings is 1. The second-order valence-corrected chi connectivity index (χ2v) is 4.63. The van der Waals surface area contributed by atoms with E-state index in [2.05, 4.69) is 4.98 Å². The number of aryl methyl sites for hydroxylation is 1. The largest absolute Gasteiger partial charge is 0.494 e. The summed E-state index contributed by atoms with van der Waals surface area (Å²) >= 11 is 5.82. The predicted molar refractivity (Wildman–Crippen MR) is 71.1 cm³/mol. The highest BCUT2D eigenvalue weighted by Crippen LogP contribution is 2.28. The van der Waals surface area contributed by atoms with Crippen LogP contribution in [-0.4, -0.2) is 22.8 Å². The second-order valence-electron chi connectivity index (χ2n) is 4.36. The monoisotopic (exact) mass is 306 g/mol. The summed E-state index contributed by atoms with van der Waals surface area (Å²) in [5.41, 5.74) is 1.36. The van der Waals surface area contributed by atoms with Gasteiger partial charge < -0.3 is 9.30 Å². The van der Waals surface area contributed by atoms with Crippen molar-refractivity contribution in [1.29, 1.82) is 0 Å². The van der Waals surface area contributed by atoms with E-state index < -0.39 is 12.6 Å². The Balaban J connectivity index is 2.31. The highest BCUT2D eigenvalue weighted by molar-refractivity contribution is 6.16. The smallest absolute Gasteiger partial charge is 0.389 e. The normalized spacial score (nSPS) is 12.1. The van der Waals surface area contributed by atoms with E-state index in [1.165, 1.54) is 7.11 Å². The molecular formula is C13H14ClF3N2O. The van der Waals surface area contributed by atoms with Crippen LogP contribution in [-0.2, 0) is 12.4 Å². The molecule has 0 radical (unpaired) electrons. The Labute approximate surface area is 119 Å². The molecule has 0 spiro atoms. The Bertz CT molecular complexity index is 595. The zero-order chi connectivity index (χ0) is 14.8. The van der Waals surface area contributed by atoms with Crippen LogP contribution in [0.3, 0.4) is 0 Å². The molecule has 0 aliphatic heterocycles. The van der Waals surface area contributed by atoms with Crippen molar-refractivity contribution in [3.05, 3.63) is 24.0 Å². The van der Waals surface area contributed by atoms with Crippen LogP contribution < -0.4 is 4.74 Å². The SMILES string of the molecule is COc1cccc2c1nc(CCl)n2CCCC(F)(F)F. The van der Waals surface area contributed by atoms with Crippen LogP contribution in [0.1, 0.15) is 18.7 Å². The van der Waals surface area contributed by atoms with Crippen LogP contribution in [0.4, 0.5) is 13.2 Å². The zero-order valence-corrected chi connectivity index (χ0v) is 11.6. The van der Waals surface area contributed by atoms with Gasteiger partial charge in [0.05, 0.1) is 18.5 Å². The molecule has 3 nitrogen and oxygen atoms in total. The van der Waals surface area contributed by atoms with Crippen LogP contribution >= 0.6 is 11.6 Å². The number of ether oxygens (including phenoxy) is 1. The van der Waals surface area contributed by atoms with E-state index in [1.807, 2.05) is 0 Å². The summed E-state index contributed by atoms with van der Waals surface area (Å²) in [4.78, 5) is 4.34. The van der Waals surface area contributed by atoms with Gasteiger partial charge >= 0.3 is 6.18 Å². The maximum Gasteiger partial charge on any atom is 0.389 e. The minimum Gasteiger partial charge on any atom is -0.494 e. The third kappa shape index (κ3) is 3.17. The lowest BCUT2D eigenvalue weighted by atomic mass is 10.2. The third-order valence-electron chi connectivity index (χ3n) is 3.00. The Morgan fingerprint density at radius 3 is 2.70 bits per heavy atom. The zero-order valence-electron chi connectivity index (χ0n) is 10.9. The number of rotatable bonds is 5. The molecule has 0 saturated carbocycles. The van der Waals surface area contributed by atoms with E-state index in [0.29, 0.717) is 17.1 Å². The van der Waals surface area contributed by atoms with Crippen molar-refractivity contribution in [3.8, 4) is 5.75 Å². The third-order valence-corrected chi connectivity index (χ3v) is 3.24. The molecule has 7 heteroatoms. The quantitative estimate of drug-likeness (QED) is 0.777. The molecule has 0 aliphatic rings. The molecule has 2 aromatic rings. The number of hydrogen-bond donors (Lipinski definition) is 0. The molecule has 1 aromatic heterocycles. The van der Waals surface area contributed by atoms with E-state index in [4.69, 9.17) is 16.3 Å². The summed E-state index contributed by atoms with van der Waals surface area (Å²) in [5.74, 6) is 1.28. The molecule has 1 aromatic carbocycles. The highest BCUT2D eigenvalue weighted by atomic mass is 35.5. The Morgan fingerprint density at radius 2 is 2.10 bits per heavy atom. The van der Waals surface area contributed by atoms with Crippen molar-refractivity contribution in [3.63, 3.8) is 0 Å². The first-order chi connectivity index (χ1) is 9.46. The summed E-state index contributed by atoms with van der Waals surface area (Å²) in [5, 5.41) is 0. The van der Waals surface area contributed by atoms with Crippen LogP contribution in [0.2, 0.25) is 0 Å². The van der Waals surface area contributed by atoms with E-state index in [9.17, 15) is 13.2 Å². The molecule has 2 rings (SSSR count). The van der Waals surface area contributed by atoms with Crippen LogP contribution in [0, 0.1) is 0 Å². The van der Waals surface area contributed by atoms with E-state index in [1.54, 1.807) is 22.8 Å². The van der Waals surface area contributed by atoms with E-state index >= 15 is 0 Å². The van der Waals surface area contributed by atoms with Gasteiger partial charge in [-0.15, -0.1) is 11.6 Å². The van der Waals surface area contributed by atoms with Crippen molar-refractivity contribution < 1.29 is 17.9 Å². The number of hydrogen-bond acceptors (Lipinski definition) is 2. The maximum absolute atomic E-state index is 12.2. The number of nitrogens with zero attached hydrogens (tertiary/aromatic N) is 2. The standard InChI is InChI=1S/C13H14ClF3N2O/c1-20-10-5-2-4-9-12(10)18-11(8-14)19(9)7-3-6-13(15,16)17/h2,4-5H,3,6-8H2,1H3. The molecule has 110 valence electrons. The second kappa shape index (κ2) is 5.91. The van der Waals surface area contributed by atoms with Crippen LogP contribution in [0.5, 0.6) is 5.75 Å². The highest BCUT2D eigenvalue weighted by Gasteiger charge is 2.26. The summed E-state index contributed by atoms with van der Waals surface area (Å²) < 4.78 is 43.6. The number of para-hydroxylation sites is 1. The summed E-state index contributed by atoms with van der Waals surface area (Å²) in [6.45, 7) is 0.227. The summed E-state index contributed by atoms with van der Waals surface area (Å²) in [7, 11) is 1.53. The van der Waals surface area contributed by atoms with Gasteiger partial charge in [0.25, 0.3) is 0 Å². The van der Waals surface area contributed by atoms with Gasteiger partial charge in [-0.05, 0) is 18.6 Å². The van der Waals surface area contributed by atoms with Gasteiger partial charge in [0.15, 0.2) is 0 Å². The lowest BCUT2D eigenvalue weighted by Crippen LogP contribution is -2.10. The molecule has 0 fully saturated rings. The number of halogens is 4. The van der Waals surface area contributed by atoms with Crippen molar-refractivity contribution in [2.75, 3.05) is 7.11 Å². The molecule has 0 saturated heterocycles. The van der Waals surface area contributed by atoms with Gasteiger partial charge in [0.1, 0.15) is 17.1 Å².